The van der Waals surface area contributed by atoms with Crippen LogP contribution in [0.1, 0.15) is 32.4 Å². The maximum Gasteiger partial charge on any atom is 0.186 e. The highest BCUT2D eigenvalue weighted by molar-refractivity contribution is 5.36. The SMILES string of the molecule is CCCOCCCNc1ncnc(CC)c1F. The summed E-state index contributed by atoms with van der Waals surface area (Å²) in [4.78, 5) is 7.76. The van der Waals surface area contributed by atoms with Gasteiger partial charge < -0.3 is 10.1 Å². The highest BCUT2D eigenvalue weighted by Gasteiger charge is 2.08. The third kappa shape index (κ3) is 4.65. The Bertz CT molecular complexity index is 334. The van der Waals surface area contributed by atoms with Gasteiger partial charge in [0.05, 0.1) is 5.69 Å². The number of nitrogens with zero attached hydrogens (tertiary/aromatic N) is 2. The molecule has 0 aliphatic heterocycles. The zero-order valence-corrected chi connectivity index (χ0v) is 10.5. The van der Waals surface area contributed by atoms with Gasteiger partial charge in [0.1, 0.15) is 6.33 Å². The molecule has 0 amide bonds. The molecule has 1 heterocycles. The molecule has 0 aliphatic carbocycles. The van der Waals surface area contributed by atoms with Crippen molar-refractivity contribution in [2.24, 2.45) is 0 Å². The molecule has 96 valence electrons. The molecule has 0 radical (unpaired) electrons. The van der Waals surface area contributed by atoms with Crippen molar-refractivity contribution in [1.29, 1.82) is 0 Å². The second-order valence-electron chi connectivity index (χ2n) is 3.73. The van der Waals surface area contributed by atoms with Gasteiger partial charge in [0, 0.05) is 19.8 Å². The average Bonchev–Trinajstić information content (AvgIpc) is 2.35. The summed E-state index contributed by atoms with van der Waals surface area (Å²) in [5.41, 5.74) is 0.449. The van der Waals surface area contributed by atoms with Gasteiger partial charge in [-0.3, -0.25) is 0 Å². The molecule has 4 nitrogen and oxygen atoms in total. The summed E-state index contributed by atoms with van der Waals surface area (Å²) in [5, 5.41) is 2.96. The Kier molecular flexibility index (Phi) is 6.47. The van der Waals surface area contributed by atoms with Crippen LogP contribution in [0.15, 0.2) is 6.33 Å². The first kappa shape index (κ1) is 13.8. The van der Waals surface area contributed by atoms with Crippen LogP contribution in [0.3, 0.4) is 0 Å². The maximum atomic E-state index is 13.7. The van der Waals surface area contributed by atoms with Gasteiger partial charge in [-0.1, -0.05) is 13.8 Å². The first-order chi connectivity index (χ1) is 8.29. The second kappa shape index (κ2) is 7.95. The molecule has 0 fully saturated rings. The van der Waals surface area contributed by atoms with Gasteiger partial charge in [-0.2, -0.15) is 0 Å². The minimum absolute atomic E-state index is 0.285. The Morgan fingerprint density at radius 3 is 2.82 bits per heavy atom. The maximum absolute atomic E-state index is 13.7. The average molecular weight is 241 g/mol. The summed E-state index contributed by atoms with van der Waals surface area (Å²) in [6.45, 7) is 6.06. The van der Waals surface area contributed by atoms with E-state index in [0.29, 0.717) is 25.3 Å². The smallest absolute Gasteiger partial charge is 0.186 e. The molecule has 0 atom stereocenters. The Hall–Kier alpha value is -1.23. The number of aryl methyl sites for hydroxylation is 1. The van der Waals surface area contributed by atoms with Crippen molar-refractivity contribution in [2.45, 2.75) is 33.1 Å². The van der Waals surface area contributed by atoms with E-state index < -0.39 is 0 Å². The molecule has 1 N–H and O–H groups in total. The van der Waals surface area contributed by atoms with E-state index in [0.717, 1.165) is 19.4 Å². The molecule has 0 aliphatic rings. The van der Waals surface area contributed by atoms with Crippen LogP contribution in [0, 0.1) is 5.82 Å². The second-order valence-corrected chi connectivity index (χ2v) is 3.73. The number of nitrogens with one attached hydrogen (secondary N) is 1. The van der Waals surface area contributed by atoms with E-state index in [4.69, 9.17) is 4.74 Å². The lowest BCUT2D eigenvalue weighted by molar-refractivity contribution is 0.134. The van der Waals surface area contributed by atoms with Crippen LogP contribution in [-0.2, 0) is 11.2 Å². The quantitative estimate of drug-likeness (QED) is 0.710. The van der Waals surface area contributed by atoms with E-state index in [1.54, 1.807) is 0 Å². The van der Waals surface area contributed by atoms with Gasteiger partial charge in [0.25, 0.3) is 0 Å². The molecular formula is C12H20FN3O. The van der Waals surface area contributed by atoms with Gasteiger partial charge in [-0.05, 0) is 19.3 Å². The van der Waals surface area contributed by atoms with Gasteiger partial charge in [0.15, 0.2) is 11.6 Å². The Morgan fingerprint density at radius 2 is 2.12 bits per heavy atom. The van der Waals surface area contributed by atoms with Crippen LogP contribution in [0.2, 0.25) is 0 Å². The summed E-state index contributed by atoms with van der Waals surface area (Å²) >= 11 is 0. The minimum Gasteiger partial charge on any atom is -0.381 e. The summed E-state index contributed by atoms with van der Waals surface area (Å²) in [7, 11) is 0. The van der Waals surface area contributed by atoms with Crippen molar-refractivity contribution in [3.63, 3.8) is 0 Å². The number of rotatable bonds is 8. The predicted octanol–water partition coefficient (Wildman–Crippen LogP) is 2.41. The molecule has 0 bridgehead atoms. The van der Waals surface area contributed by atoms with Gasteiger partial charge >= 0.3 is 0 Å². The van der Waals surface area contributed by atoms with E-state index in [2.05, 4.69) is 22.2 Å². The number of halogens is 1. The number of hydrogen-bond acceptors (Lipinski definition) is 4. The lowest BCUT2D eigenvalue weighted by Gasteiger charge is -2.08. The fourth-order valence-corrected chi connectivity index (χ4v) is 1.40. The van der Waals surface area contributed by atoms with Crippen LogP contribution in [0.5, 0.6) is 0 Å². The van der Waals surface area contributed by atoms with E-state index in [-0.39, 0.29) is 11.6 Å². The largest absolute Gasteiger partial charge is 0.381 e. The highest BCUT2D eigenvalue weighted by atomic mass is 19.1. The fraction of sp³-hybridized carbons (Fsp3) is 0.667. The first-order valence-corrected chi connectivity index (χ1v) is 6.10. The molecule has 1 aromatic heterocycles. The van der Waals surface area contributed by atoms with E-state index in [1.807, 2.05) is 6.92 Å². The molecule has 0 saturated heterocycles. The molecular weight excluding hydrogens is 221 g/mol. The monoisotopic (exact) mass is 241 g/mol. The van der Waals surface area contributed by atoms with Crippen molar-refractivity contribution in [1.82, 2.24) is 9.97 Å². The topological polar surface area (TPSA) is 47.0 Å². The lowest BCUT2D eigenvalue weighted by Crippen LogP contribution is -2.10. The molecule has 1 rings (SSSR count). The summed E-state index contributed by atoms with van der Waals surface area (Å²) < 4.78 is 19.0. The van der Waals surface area contributed by atoms with Crippen molar-refractivity contribution >= 4 is 5.82 Å². The third-order valence-electron chi connectivity index (χ3n) is 2.30. The summed E-state index contributed by atoms with van der Waals surface area (Å²) in [6, 6.07) is 0. The highest BCUT2D eigenvalue weighted by Crippen LogP contribution is 2.12. The van der Waals surface area contributed by atoms with E-state index >= 15 is 0 Å². The van der Waals surface area contributed by atoms with Crippen LogP contribution in [-0.4, -0.2) is 29.7 Å². The van der Waals surface area contributed by atoms with Crippen LogP contribution >= 0.6 is 0 Å². The van der Waals surface area contributed by atoms with Crippen LogP contribution in [0.25, 0.3) is 0 Å². The van der Waals surface area contributed by atoms with Gasteiger partial charge in [-0.25, -0.2) is 14.4 Å². The molecule has 0 unspecified atom stereocenters. The Balaban J connectivity index is 2.31. The number of ether oxygens (including phenoxy) is 1. The zero-order valence-electron chi connectivity index (χ0n) is 10.5. The number of hydrogen-bond donors (Lipinski definition) is 1. The third-order valence-corrected chi connectivity index (χ3v) is 2.30. The van der Waals surface area contributed by atoms with Crippen LogP contribution in [0.4, 0.5) is 10.2 Å². The fourth-order valence-electron chi connectivity index (χ4n) is 1.40. The van der Waals surface area contributed by atoms with Crippen molar-refractivity contribution < 1.29 is 9.13 Å². The first-order valence-electron chi connectivity index (χ1n) is 6.10. The molecule has 17 heavy (non-hydrogen) atoms. The Labute approximate surface area is 102 Å². The summed E-state index contributed by atoms with van der Waals surface area (Å²) in [5.74, 6) is -0.0585. The van der Waals surface area contributed by atoms with Crippen LogP contribution < -0.4 is 5.32 Å². The van der Waals surface area contributed by atoms with Gasteiger partial charge in [0.2, 0.25) is 0 Å². The van der Waals surface area contributed by atoms with Crippen molar-refractivity contribution in [3.05, 3.63) is 17.8 Å². The Morgan fingerprint density at radius 1 is 1.29 bits per heavy atom. The molecule has 1 aromatic rings. The minimum atomic E-state index is -0.343. The summed E-state index contributed by atoms with van der Waals surface area (Å²) in [6.07, 6.45) is 3.82. The van der Waals surface area contributed by atoms with Gasteiger partial charge in [-0.15, -0.1) is 0 Å². The molecule has 0 spiro atoms. The standard InChI is InChI=1S/C12H20FN3O/c1-3-7-17-8-5-6-14-12-11(13)10(4-2)15-9-16-12/h9H,3-8H2,1-2H3,(H,14,15,16). The van der Waals surface area contributed by atoms with E-state index in [1.165, 1.54) is 6.33 Å². The molecule has 0 aromatic carbocycles. The molecule has 0 saturated carbocycles. The molecule has 5 heteroatoms. The zero-order chi connectivity index (χ0) is 12.5. The van der Waals surface area contributed by atoms with Crippen molar-refractivity contribution in [3.8, 4) is 0 Å². The van der Waals surface area contributed by atoms with E-state index in [9.17, 15) is 4.39 Å². The predicted molar refractivity (Wildman–Crippen MR) is 65.6 cm³/mol. The number of aromatic nitrogens is 2. The number of anilines is 1. The lowest BCUT2D eigenvalue weighted by atomic mass is 10.3. The van der Waals surface area contributed by atoms with Crippen molar-refractivity contribution in [2.75, 3.05) is 25.1 Å². The normalized spacial score (nSPS) is 10.5.